The van der Waals surface area contributed by atoms with Crippen LogP contribution in [0, 0.1) is 6.92 Å². The second kappa shape index (κ2) is 8.63. The van der Waals surface area contributed by atoms with Crippen LogP contribution in [0.15, 0.2) is 48.5 Å². The maximum atomic E-state index is 11.7. The number of nitrogens with zero attached hydrogens (tertiary/aromatic N) is 2. The van der Waals surface area contributed by atoms with Gasteiger partial charge in [0.1, 0.15) is 5.82 Å². The number of para-hydroxylation sites is 2. The Morgan fingerprint density at radius 2 is 2.04 bits per heavy atom. The van der Waals surface area contributed by atoms with Gasteiger partial charge in [0.15, 0.2) is 0 Å². The summed E-state index contributed by atoms with van der Waals surface area (Å²) in [7, 11) is 0. The lowest BCUT2D eigenvalue weighted by Crippen LogP contribution is -2.26. The lowest BCUT2D eigenvalue weighted by molar-refractivity contribution is -0.121. The number of rotatable bonds is 8. The van der Waals surface area contributed by atoms with E-state index in [1.807, 2.05) is 18.2 Å². The number of hydrogen-bond donors (Lipinski definition) is 2. The van der Waals surface area contributed by atoms with E-state index >= 15 is 0 Å². The van der Waals surface area contributed by atoms with E-state index < -0.39 is 0 Å². The molecule has 0 spiro atoms. The fourth-order valence-corrected chi connectivity index (χ4v) is 3.13. The van der Waals surface area contributed by atoms with E-state index in [0.717, 1.165) is 23.4 Å². The van der Waals surface area contributed by atoms with E-state index in [0.29, 0.717) is 25.8 Å². The first-order valence-corrected chi connectivity index (χ1v) is 9.04. The van der Waals surface area contributed by atoms with Gasteiger partial charge in [-0.2, -0.15) is 0 Å². The monoisotopic (exact) mass is 351 g/mol. The Balaban J connectivity index is 1.77. The Morgan fingerprint density at radius 3 is 2.85 bits per heavy atom. The number of nitrogens with one attached hydrogen (secondary N) is 1. The van der Waals surface area contributed by atoms with Crippen molar-refractivity contribution < 1.29 is 9.90 Å². The smallest absolute Gasteiger partial charge is 0.220 e. The van der Waals surface area contributed by atoms with Gasteiger partial charge >= 0.3 is 0 Å². The molecule has 3 rings (SSSR count). The highest BCUT2D eigenvalue weighted by Gasteiger charge is 2.11. The van der Waals surface area contributed by atoms with Crippen molar-refractivity contribution in [1.29, 1.82) is 0 Å². The van der Waals surface area contributed by atoms with Gasteiger partial charge in [-0.1, -0.05) is 42.0 Å². The SMILES string of the molecule is Cc1cccc(Cn2c(CCNC(=O)CCCO)nc3ccccc32)c1. The predicted octanol–water partition coefficient (Wildman–Crippen LogP) is 2.82. The minimum absolute atomic E-state index is 0.0274. The number of aromatic nitrogens is 2. The molecule has 2 N–H and O–H groups in total. The first-order valence-electron chi connectivity index (χ1n) is 9.04. The third kappa shape index (κ3) is 4.49. The van der Waals surface area contributed by atoms with E-state index in [-0.39, 0.29) is 12.5 Å². The molecule has 2 aromatic carbocycles. The van der Waals surface area contributed by atoms with Gasteiger partial charge in [-0.05, 0) is 31.0 Å². The van der Waals surface area contributed by atoms with Crippen LogP contribution < -0.4 is 5.32 Å². The number of hydrogen-bond acceptors (Lipinski definition) is 3. The van der Waals surface area contributed by atoms with Crippen LogP contribution in [0.4, 0.5) is 0 Å². The molecule has 136 valence electrons. The summed E-state index contributed by atoms with van der Waals surface area (Å²) in [6, 6.07) is 16.6. The average Bonchev–Trinajstić information content (AvgIpc) is 2.98. The van der Waals surface area contributed by atoms with Crippen molar-refractivity contribution in [3.05, 3.63) is 65.5 Å². The highest BCUT2D eigenvalue weighted by Crippen LogP contribution is 2.18. The van der Waals surface area contributed by atoms with Crippen LogP contribution in [0.2, 0.25) is 0 Å². The number of amides is 1. The largest absolute Gasteiger partial charge is 0.396 e. The molecule has 26 heavy (non-hydrogen) atoms. The standard InChI is InChI=1S/C21H25N3O2/c1-16-6-4-7-17(14-16)15-24-19-9-3-2-8-18(19)23-20(24)11-12-22-21(26)10-5-13-25/h2-4,6-9,14,25H,5,10-13,15H2,1H3,(H,22,26). The molecule has 0 saturated heterocycles. The summed E-state index contributed by atoms with van der Waals surface area (Å²) >= 11 is 0. The topological polar surface area (TPSA) is 67.2 Å². The van der Waals surface area contributed by atoms with Gasteiger partial charge < -0.3 is 15.0 Å². The number of aryl methyl sites for hydroxylation is 1. The zero-order valence-electron chi connectivity index (χ0n) is 15.1. The molecule has 1 aromatic heterocycles. The minimum atomic E-state index is -0.0274. The van der Waals surface area contributed by atoms with E-state index in [1.165, 1.54) is 11.1 Å². The lowest BCUT2D eigenvalue weighted by atomic mass is 10.1. The molecule has 0 bridgehead atoms. The summed E-state index contributed by atoms with van der Waals surface area (Å²) in [5.41, 5.74) is 4.56. The van der Waals surface area contributed by atoms with Crippen LogP contribution in [-0.4, -0.2) is 33.7 Å². The Labute approximate surface area is 153 Å². The number of carbonyl (C=O) groups is 1. The van der Waals surface area contributed by atoms with Gasteiger partial charge in [-0.3, -0.25) is 4.79 Å². The van der Waals surface area contributed by atoms with Crippen LogP contribution in [0.5, 0.6) is 0 Å². The average molecular weight is 351 g/mol. The summed E-state index contributed by atoms with van der Waals surface area (Å²) in [6.07, 6.45) is 1.53. The number of aliphatic hydroxyl groups is 1. The molecular formula is C21H25N3O2. The van der Waals surface area contributed by atoms with Crippen LogP contribution >= 0.6 is 0 Å². The van der Waals surface area contributed by atoms with E-state index in [9.17, 15) is 4.79 Å². The number of benzene rings is 2. The zero-order chi connectivity index (χ0) is 18.4. The predicted molar refractivity (Wildman–Crippen MR) is 103 cm³/mol. The van der Waals surface area contributed by atoms with Gasteiger partial charge in [-0.25, -0.2) is 4.98 Å². The van der Waals surface area contributed by atoms with Crippen LogP contribution in [0.1, 0.15) is 29.8 Å². The summed E-state index contributed by atoms with van der Waals surface area (Å²) in [5, 5.41) is 11.7. The fraction of sp³-hybridized carbons (Fsp3) is 0.333. The second-order valence-corrected chi connectivity index (χ2v) is 6.52. The van der Waals surface area contributed by atoms with Crippen molar-refractivity contribution in [1.82, 2.24) is 14.9 Å². The molecule has 0 radical (unpaired) electrons. The minimum Gasteiger partial charge on any atom is -0.396 e. The van der Waals surface area contributed by atoms with Gasteiger partial charge in [0.05, 0.1) is 11.0 Å². The summed E-state index contributed by atoms with van der Waals surface area (Å²) in [5.74, 6) is 0.940. The molecule has 5 heteroatoms. The van der Waals surface area contributed by atoms with Gasteiger partial charge in [-0.15, -0.1) is 0 Å². The van der Waals surface area contributed by atoms with Crippen LogP contribution in [0.3, 0.4) is 0 Å². The van der Waals surface area contributed by atoms with Crippen LogP contribution in [0.25, 0.3) is 11.0 Å². The van der Waals surface area contributed by atoms with Crippen molar-refractivity contribution in [2.75, 3.05) is 13.2 Å². The molecule has 0 atom stereocenters. The normalized spacial score (nSPS) is 11.0. The Hall–Kier alpha value is -2.66. The van der Waals surface area contributed by atoms with Crippen molar-refractivity contribution in [2.24, 2.45) is 0 Å². The van der Waals surface area contributed by atoms with Crippen LogP contribution in [-0.2, 0) is 17.8 Å². The maximum absolute atomic E-state index is 11.7. The molecule has 0 aliphatic heterocycles. The Kier molecular flexibility index (Phi) is 6.02. The van der Waals surface area contributed by atoms with Gasteiger partial charge in [0, 0.05) is 32.5 Å². The van der Waals surface area contributed by atoms with E-state index in [4.69, 9.17) is 10.1 Å². The molecule has 0 aliphatic rings. The fourth-order valence-electron chi connectivity index (χ4n) is 3.13. The number of carbonyl (C=O) groups excluding carboxylic acids is 1. The number of aliphatic hydroxyl groups excluding tert-OH is 1. The summed E-state index contributed by atoms with van der Waals surface area (Å²) in [4.78, 5) is 16.5. The molecule has 1 heterocycles. The van der Waals surface area contributed by atoms with Crippen molar-refractivity contribution >= 4 is 16.9 Å². The first kappa shape index (κ1) is 18.1. The summed E-state index contributed by atoms with van der Waals surface area (Å²) < 4.78 is 2.23. The first-order chi connectivity index (χ1) is 12.7. The third-order valence-electron chi connectivity index (χ3n) is 4.39. The second-order valence-electron chi connectivity index (χ2n) is 6.52. The molecule has 0 aliphatic carbocycles. The van der Waals surface area contributed by atoms with Gasteiger partial charge in [0.2, 0.25) is 5.91 Å². The molecule has 3 aromatic rings. The van der Waals surface area contributed by atoms with Gasteiger partial charge in [0.25, 0.3) is 0 Å². The van der Waals surface area contributed by atoms with E-state index in [1.54, 1.807) is 0 Å². The highest BCUT2D eigenvalue weighted by molar-refractivity contribution is 5.76. The quantitative estimate of drug-likeness (QED) is 0.656. The third-order valence-corrected chi connectivity index (χ3v) is 4.39. The molecule has 0 unspecified atom stereocenters. The highest BCUT2D eigenvalue weighted by atomic mass is 16.3. The maximum Gasteiger partial charge on any atom is 0.220 e. The Bertz CT molecular complexity index is 886. The van der Waals surface area contributed by atoms with Crippen molar-refractivity contribution in [3.63, 3.8) is 0 Å². The summed E-state index contributed by atoms with van der Waals surface area (Å²) in [6.45, 7) is 3.44. The lowest BCUT2D eigenvalue weighted by Gasteiger charge is -2.11. The molecule has 0 fully saturated rings. The molecule has 0 saturated carbocycles. The molecule has 5 nitrogen and oxygen atoms in total. The zero-order valence-corrected chi connectivity index (χ0v) is 15.1. The van der Waals surface area contributed by atoms with Crippen molar-refractivity contribution in [3.8, 4) is 0 Å². The molecule has 1 amide bonds. The Morgan fingerprint density at radius 1 is 1.19 bits per heavy atom. The number of imidazole rings is 1. The van der Waals surface area contributed by atoms with Crippen molar-refractivity contribution in [2.45, 2.75) is 32.7 Å². The van der Waals surface area contributed by atoms with E-state index in [2.05, 4.69) is 47.1 Å². The number of fused-ring (bicyclic) bond motifs is 1. The molecular weight excluding hydrogens is 326 g/mol.